The first-order valence-electron chi connectivity index (χ1n) is 10.5. The molecule has 0 radical (unpaired) electrons. The largest absolute Gasteiger partial charge is 0.356 e. The van der Waals surface area contributed by atoms with Crippen LogP contribution in [-0.4, -0.2) is 54.3 Å². The van der Waals surface area contributed by atoms with Gasteiger partial charge in [0.25, 0.3) is 0 Å². The highest BCUT2D eigenvalue weighted by molar-refractivity contribution is 5.83. The Labute approximate surface area is 167 Å². The van der Waals surface area contributed by atoms with Crippen molar-refractivity contribution in [2.75, 3.05) is 26.7 Å². The van der Waals surface area contributed by atoms with Gasteiger partial charge in [-0.15, -0.1) is 0 Å². The third-order valence-corrected chi connectivity index (χ3v) is 6.12. The molecule has 6 heteroatoms. The van der Waals surface area contributed by atoms with Crippen LogP contribution in [-0.2, 0) is 16.1 Å². The third kappa shape index (κ3) is 5.53. The van der Waals surface area contributed by atoms with Crippen molar-refractivity contribution < 1.29 is 14.0 Å². The van der Waals surface area contributed by atoms with Crippen LogP contribution in [0, 0.1) is 11.7 Å². The van der Waals surface area contributed by atoms with Crippen molar-refractivity contribution in [3.63, 3.8) is 0 Å². The van der Waals surface area contributed by atoms with E-state index < -0.39 is 0 Å². The van der Waals surface area contributed by atoms with Crippen molar-refractivity contribution in [2.24, 2.45) is 5.92 Å². The van der Waals surface area contributed by atoms with Gasteiger partial charge in [0.1, 0.15) is 5.82 Å². The van der Waals surface area contributed by atoms with Crippen molar-refractivity contribution >= 4 is 11.8 Å². The first-order valence-corrected chi connectivity index (χ1v) is 10.5. The molecule has 3 rings (SSSR count). The molecule has 0 aromatic heterocycles. The summed E-state index contributed by atoms with van der Waals surface area (Å²) in [6, 6.07) is 7.19. The van der Waals surface area contributed by atoms with Gasteiger partial charge in [0, 0.05) is 37.7 Å². The molecule has 2 fully saturated rings. The third-order valence-electron chi connectivity index (χ3n) is 6.12. The molecular weight excluding hydrogens is 357 g/mol. The zero-order valence-corrected chi connectivity index (χ0v) is 16.8. The van der Waals surface area contributed by atoms with Crippen LogP contribution in [0.4, 0.5) is 4.39 Å². The van der Waals surface area contributed by atoms with Crippen molar-refractivity contribution in [1.82, 2.24) is 15.1 Å². The van der Waals surface area contributed by atoms with E-state index in [1.807, 2.05) is 0 Å². The van der Waals surface area contributed by atoms with Crippen LogP contribution in [0.1, 0.15) is 50.5 Å². The molecule has 2 aliphatic rings. The summed E-state index contributed by atoms with van der Waals surface area (Å²) in [4.78, 5) is 28.8. The molecule has 1 aromatic carbocycles. The fourth-order valence-electron chi connectivity index (χ4n) is 4.33. The minimum atomic E-state index is -0.312. The van der Waals surface area contributed by atoms with E-state index in [1.54, 1.807) is 23.1 Å². The molecule has 1 unspecified atom stereocenters. The number of amides is 2. The molecule has 154 valence electrons. The Morgan fingerprint density at radius 1 is 1.25 bits per heavy atom. The quantitative estimate of drug-likeness (QED) is 0.696. The number of carbonyl (C=O) groups is 2. The Kier molecular flexibility index (Phi) is 7.43. The van der Waals surface area contributed by atoms with E-state index >= 15 is 0 Å². The normalized spacial score (nSPS) is 20.8. The maximum absolute atomic E-state index is 13.9. The van der Waals surface area contributed by atoms with Gasteiger partial charge < -0.3 is 15.1 Å². The van der Waals surface area contributed by atoms with Gasteiger partial charge in [0.15, 0.2) is 0 Å². The lowest BCUT2D eigenvalue weighted by molar-refractivity contribution is -0.138. The lowest BCUT2D eigenvalue weighted by atomic mass is 9.96. The molecule has 1 heterocycles. The molecule has 2 amide bonds. The van der Waals surface area contributed by atoms with Gasteiger partial charge in [-0.1, -0.05) is 31.0 Å². The molecule has 28 heavy (non-hydrogen) atoms. The molecule has 1 aliphatic carbocycles. The number of carbonyl (C=O) groups excluding carboxylic acids is 2. The summed E-state index contributed by atoms with van der Waals surface area (Å²) in [5, 5.41) is 3.03. The van der Waals surface area contributed by atoms with Gasteiger partial charge in [0.05, 0.1) is 5.92 Å². The van der Waals surface area contributed by atoms with Gasteiger partial charge in [-0.25, -0.2) is 4.39 Å². The summed E-state index contributed by atoms with van der Waals surface area (Å²) in [6.07, 6.45) is 7.08. The van der Waals surface area contributed by atoms with E-state index in [9.17, 15) is 14.0 Å². The smallest absolute Gasteiger partial charge is 0.224 e. The van der Waals surface area contributed by atoms with Crippen molar-refractivity contribution in [1.29, 1.82) is 0 Å². The van der Waals surface area contributed by atoms with Gasteiger partial charge in [-0.2, -0.15) is 0 Å². The number of halogens is 1. The SMILES string of the molecule is CN(CCCNC(=O)C1CCC(=O)N(Cc2ccccc2F)C1)C1CCCC1. The lowest BCUT2D eigenvalue weighted by Crippen LogP contribution is -2.45. The van der Waals surface area contributed by atoms with Crippen LogP contribution in [0.5, 0.6) is 0 Å². The summed E-state index contributed by atoms with van der Waals surface area (Å²) in [5.74, 6) is -0.523. The molecule has 1 saturated heterocycles. The lowest BCUT2D eigenvalue weighted by Gasteiger charge is -2.32. The van der Waals surface area contributed by atoms with Gasteiger partial charge >= 0.3 is 0 Å². The van der Waals surface area contributed by atoms with Crippen molar-refractivity contribution in [3.05, 3.63) is 35.6 Å². The van der Waals surface area contributed by atoms with Crippen molar-refractivity contribution in [3.8, 4) is 0 Å². The van der Waals surface area contributed by atoms with Crippen LogP contribution in [0.2, 0.25) is 0 Å². The van der Waals surface area contributed by atoms with E-state index in [0.717, 1.165) is 13.0 Å². The van der Waals surface area contributed by atoms with Gasteiger partial charge in [-0.05, 0) is 45.3 Å². The number of benzene rings is 1. The first-order chi connectivity index (χ1) is 13.5. The number of nitrogens with one attached hydrogen (secondary N) is 1. The average Bonchev–Trinajstić information content (AvgIpc) is 3.23. The monoisotopic (exact) mass is 389 g/mol. The Hall–Kier alpha value is -1.95. The van der Waals surface area contributed by atoms with Crippen LogP contribution >= 0.6 is 0 Å². The number of hydrogen-bond donors (Lipinski definition) is 1. The van der Waals surface area contributed by atoms with E-state index in [2.05, 4.69) is 17.3 Å². The zero-order valence-electron chi connectivity index (χ0n) is 16.8. The van der Waals surface area contributed by atoms with Crippen LogP contribution in [0.25, 0.3) is 0 Å². The second kappa shape index (κ2) is 10.0. The highest BCUT2D eigenvalue weighted by Gasteiger charge is 2.30. The number of nitrogens with zero attached hydrogens (tertiary/aromatic N) is 2. The van der Waals surface area contributed by atoms with E-state index in [0.29, 0.717) is 37.5 Å². The van der Waals surface area contributed by atoms with E-state index in [4.69, 9.17) is 0 Å². The van der Waals surface area contributed by atoms with Gasteiger partial charge in [-0.3, -0.25) is 9.59 Å². The molecule has 0 spiro atoms. The fraction of sp³-hybridized carbons (Fsp3) is 0.636. The van der Waals surface area contributed by atoms with E-state index in [1.165, 1.54) is 31.7 Å². The van der Waals surface area contributed by atoms with Crippen molar-refractivity contribution in [2.45, 2.75) is 57.5 Å². The van der Waals surface area contributed by atoms with Crippen LogP contribution in [0.3, 0.4) is 0 Å². The molecule has 1 aromatic rings. The molecule has 1 aliphatic heterocycles. The topological polar surface area (TPSA) is 52.7 Å². The highest BCUT2D eigenvalue weighted by atomic mass is 19.1. The number of rotatable bonds is 8. The first kappa shape index (κ1) is 20.8. The number of piperidine rings is 1. The Bertz CT molecular complexity index is 676. The second-order valence-electron chi connectivity index (χ2n) is 8.16. The molecule has 1 N–H and O–H groups in total. The summed E-state index contributed by atoms with van der Waals surface area (Å²) in [5.41, 5.74) is 0.492. The average molecular weight is 390 g/mol. The minimum absolute atomic E-state index is 0.00880. The van der Waals surface area contributed by atoms with Gasteiger partial charge in [0.2, 0.25) is 11.8 Å². The second-order valence-corrected chi connectivity index (χ2v) is 8.16. The standard InChI is InChI=1S/C22H32FN3O2/c1-25(19-8-3-4-9-19)14-6-13-24-22(28)18-11-12-21(27)26(16-18)15-17-7-2-5-10-20(17)23/h2,5,7,10,18-19H,3-4,6,8-9,11-16H2,1H3,(H,24,28). The minimum Gasteiger partial charge on any atom is -0.356 e. The van der Waals surface area contributed by atoms with E-state index in [-0.39, 0.29) is 30.1 Å². The van der Waals surface area contributed by atoms with Crippen LogP contribution in [0.15, 0.2) is 24.3 Å². The molecule has 0 bridgehead atoms. The molecule has 1 saturated carbocycles. The summed E-state index contributed by atoms with van der Waals surface area (Å²) >= 11 is 0. The fourth-order valence-corrected chi connectivity index (χ4v) is 4.33. The Morgan fingerprint density at radius 3 is 2.75 bits per heavy atom. The maximum atomic E-state index is 13.9. The van der Waals surface area contributed by atoms with Crippen LogP contribution < -0.4 is 5.32 Å². The highest BCUT2D eigenvalue weighted by Crippen LogP contribution is 2.23. The Morgan fingerprint density at radius 2 is 2.00 bits per heavy atom. The number of hydrogen-bond acceptors (Lipinski definition) is 3. The summed E-state index contributed by atoms with van der Waals surface area (Å²) < 4.78 is 13.9. The molecule has 1 atom stereocenters. The predicted octanol–water partition coefficient (Wildman–Crippen LogP) is 2.95. The summed E-state index contributed by atoms with van der Waals surface area (Å²) in [7, 11) is 2.17. The maximum Gasteiger partial charge on any atom is 0.224 e. The molecule has 5 nitrogen and oxygen atoms in total. The molecular formula is C22H32FN3O2. The zero-order chi connectivity index (χ0) is 19.9. The number of likely N-dealkylation sites (tertiary alicyclic amines) is 1. The summed E-state index contributed by atoms with van der Waals surface area (Å²) in [6.45, 7) is 2.24. The Balaban J connectivity index is 1.42. The predicted molar refractivity (Wildman–Crippen MR) is 107 cm³/mol.